The predicted octanol–water partition coefficient (Wildman–Crippen LogP) is 0.769. The molecule has 0 aliphatic rings. The van der Waals surface area contributed by atoms with Gasteiger partial charge in [-0.1, -0.05) is 0 Å². The highest BCUT2D eigenvalue weighted by Gasteiger charge is 2.26. The predicted molar refractivity (Wildman–Crippen MR) is 117 cm³/mol. The van der Waals surface area contributed by atoms with Crippen LogP contribution in [0, 0.1) is 6.92 Å². The standard InChI is InChI=1S/C21H22N8O4/c1-4-28-13-7-6-12(21(32)33-10-30)8-14(13)29(5-2)15(28)9-23-20(31)17-18(22)25-19-16(24-17)11(3)26-27-19/h6-8,10H,4-5,9H2,1-3H3,(H3-,22,23,24,25,26,27,31)/p+1. The van der Waals surface area contributed by atoms with E-state index in [9.17, 15) is 14.4 Å². The zero-order valence-corrected chi connectivity index (χ0v) is 18.4. The minimum atomic E-state index is -0.729. The average molecular weight is 451 g/mol. The van der Waals surface area contributed by atoms with E-state index in [1.165, 1.54) is 0 Å². The number of hydrogen-bond donors (Lipinski definition) is 3. The number of hydrogen-bond acceptors (Lipinski definition) is 8. The minimum absolute atomic E-state index is 0.00128. The molecule has 0 saturated heterocycles. The number of aromatic nitrogens is 6. The Hall–Kier alpha value is -4.35. The maximum Gasteiger partial charge on any atom is 0.345 e. The number of H-pyrrole nitrogens is 1. The van der Waals surface area contributed by atoms with Crippen molar-refractivity contribution in [1.29, 1.82) is 0 Å². The van der Waals surface area contributed by atoms with Crippen LogP contribution in [0.3, 0.4) is 0 Å². The van der Waals surface area contributed by atoms with E-state index in [0.29, 0.717) is 29.9 Å². The van der Waals surface area contributed by atoms with E-state index in [-0.39, 0.29) is 30.1 Å². The molecule has 12 heteroatoms. The second kappa shape index (κ2) is 8.65. The van der Waals surface area contributed by atoms with Crippen LogP contribution >= 0.6 is 0 Å². The first kappa shape index (κ1) is 21.9. The molecule has 4 rings (SSSR count). The number of carbonyl (C=O) groups is 3. The minimum Gasteiger partial charge on any atom is -0.392 e. The molecule has 0 bridgehead atoms. The van der Waals surface area contributed by atoms with Crippen LogP contribution in [0.4, 0.5) is 5.82 Å². The molecular formula is C21H23N8O4+. The summed E-state index contributed by atoms with van der Waals surface area (Å²) in [5.74, 6) is -0.376. The number of rotatable bonds is 7. The number of anilines is 1. The fraction of sp³-hybridized carbons (Fsp3) is 0.286. The van der Waals surface area contributed by atoms with E-state index in [1.807, 2.05) is 23.0 Å². The molecule has 33 heavy (non-hydrogen) atoms. The maximum absolute atomic E-state index is 12.9. The normalized spacial score (nSPS) is 11.1. The van der Waals surface area contributed by atoms with Crippen LogP contribution in [0.2, 0.25) is 0 Å². The molecule has 1 aromatic carbocycles. The molecule has 3 heterocycles. The number of fused-ring (bicyclic) bond motifs is 2. The van der Waals surface area contributed by atoms with Gasteiger partial charge >= 0.3 is 12.4 Å². The Labute approximate surface area is 187 Å². The second-order valence-electron chi connectivity index (χ2n) is 7.26. The number of nitrogens with zero attached hydrogens (tertiary/aromatic N) is 5. The largest absolute Gasteiger partial charge is 0.392 e. The number of benzene rings is 1. The maximum atomic E-state index is 12.9. The van der Waals surface area contributed by atoms with Gasteiger partial charge in [0.05, 0.1) is 24.3 Å². The van der Waals surface area contributed by atoms with Crippen LogP contribution < -0.4 is 15.6 Å². The lowest BCUT2D eigenvalue weighted by Crippen LogP contribution is -2.40. The van der Waals surface area contributed by atoms with E-state index < -0.39 is 11.9 Å². The van der Waals surface area contributed by atoms with Crippen molar-refractivity contribution in [2.75, 3.05) is 5.73 Å². The third-order valence-electron chi connectivity index (χ3n) is 5.42. The van der Waals surface area contributed by atoms with E-state index in [2.05, 4.69) is 30.2 Å². The lowest BCUT2D eigenvalue weighted by molar-refractivity contribution is -0.676. The van der Waals surface area contributed by atoms with E-state index in [4.69, 9.17) is 5.73 Å². The Morgan fingerprint density at radius 1 is 1.30 bits per heavy atom. The number of nitrogens with one attached hydrogen (secondary N) is 2. The molecule has 0 spiro atoms. The van der Waals surface area contributed by atoms with Gasteiger partial charge in [-0.2, -0.15) is 5.10 Å². The van der Waals surface area contributed by atoms with Crippen LogP contribution in [-0.4, -0.2) is 43.1 Å². The molecular weight excluding hydrogens is 428 g/mol. The monoisotopic (exact) mass is 451 g/mol. The van der Waals surface area contributed by atoms with Crippen LogP contribution in [0.25, 0.3) is 22.2 Å². The fourth-order valence-electron chi connectivity index (χ4n) is 3.91. The van der Waals surface area contributed by atoms with E-state index >= 15 is 0 Å². The lowest BCUT2D eigenvalue weighted by atomic mass is 10.2. The summed E-state index contributed by atoms with van der Waals surface area (Å²) < 4.78 is 8.48. The lowest BCUT2D eigenvalue weighted by Gasteiger charge is -2.07. The van der Waals surface area contributed by atoms with Gasteiger partial charge in [-0.05, 0) is 32.9 Å². The van der Waals surface area contributed by atoms with Gasteiger partial charge in [0.15, 0.2) is 28.2 Å². The number of ether oxygens (including phenoxy) is 1. The zero-order valence-electron chi connectivity index (χ0n) is 18.4. The van der Waals surface area contributed by atoms with Crippen molar-refractivity contribution >= 4 is 46.4 Å². The summed E-state index contributed by atoms with van der Waals surface area (Å²) in [7, 11) is 0. The summed E-state index contributed by atoms with van der Waals surface area (Å²) in [5.41, 5.74) is 9.39. The Kier molecular flexibility index (Phi) is 5.73. The topological polar surface area (TPSA) is 162 Å². The SMILES string of the molecule is CCn1c(CNC(=O)c2nc3c(C)n[nH]c3nc2N)[n+](CC)c2ccc(C(=O)OC=O)cc21. The Morgan fingerprint density at radius 2 is 2.09 bits per heavy atom. The number of esters is 1. The van der Waals surface area contributed by atoms with Crippen molar-refractivity contribution < 1.29 is 23.7 Å². The highest BCUT2D eigenvalue weighted by atomic mass is 16.6. The van der Waals surface area contributed by atoms with Gasteiger partial charge in [0.1, 0.15) is 12.1 Å². The van der Waals surface area contributed by atoms with Gasteiger partial charge in [0.2, 0.25) is 0 Å². The quantitative estimate of drug-likeness (QED) is 0.161. The van der Waals surface area contributed by atoms with Crippen molar-refractivity contribution in [1.82, 2.24) is 30.0 Å². The molecule has 4 aromatic rings. The molecule has 0 atom stereocenters. The van der Waals surface area contributed by atoms with Gasteiger partial charge in [-0.25, -0.2) is 23.9 Å². The summed E-state index contributed by atoms with van der Waals surface area (Å²) in [5, 5.41) is 9.63. The molecule has 4 N–H and O–H groups in total. The Bertz CT molecular complexity index is 1400. The number of aryl methyl sites for hydroxylation is 3. The van der Waals surface area contributed by atoms with Crippen LogP contribution in [0.1, 0.15) is 46.2 Å². The smallest absolute Gasteiger partial charge is 0.345 e. The molecule has 0 aliphatic heterocycles. The summed E-state index contributed by atoms with van der Waals surface area (Å²) in [4.78, 5) is 43.9. The fourth-order valence-corrected chi connectivity index (χ4v) is 3.91. The number of carbonyl (C=O) groups excluding carboxylic acids is 3. The van der Waals surface area contributed by atoms with Crippen LogP contribution in [0.5, 0.6) is 0 Å². The zero-order chi connectivity index (χ0) is 23.7. The average Bonchev–Trinajstić information content (AvgIpc) is 3.32. The second-order valence-corrected chi connectivity index (χ2v) is 7.26. The molecule has 0 fully saturated rings. The molecule has 1 amide bonds. The summed E-state index contributed by atoms with van der Waals surface area (Å²) >= 11 is 0. The van der Waals surface area contributed by atoms with Gasteiger partial charge in [-0.3, -0.25) is 14.7 Å². The van der Waals surface area contributed by atoms with Crippen molar-refractivity contribution in [2.45, 2.75) is 40.4 Å². The highest BCUT2D eigenvalue weighted by Crippen LogP contribution is 2.19. The van der Waals surface area contributed by atoms with Crippen LogP contribution in [-0.2, 0) is 29.2 Å². The third kappa shape index (κ3) is 3.75. The molecule has 0 saturated carbocycles. The van der Waals surface area contributed by atoms with E-state index in [1.54, 1.807) is 25.1 Å². The summed E-state index contributed by atoms with van der Waals surface area (Å²) in [6.07, 6.45) is 0. The van der Waals surface area contributed by atoms with Gasteiger partial charge in [-0.15, -0.1) is 0 Å². The van der Waals surface area contributed by atoms with E-state index in [0.717, 1.165) is 16.9 Å². The summed E-state index contributed by atoms with van der Waals surface area (Å²) in [6.45, 7) is 7.22. The Balaban J connectivity index is 1.68. The Morgan fingerprint density at radius 3 is 2.79 bits per heavy atom. The number of amides is 1. The van der Waals surface area contributed by atoms with Crippen LogP contribution in [0.15, 0.2) is 18.2 Å². The molecule has 0 unspecified atom stereocenters. The highest BCUT2D eigenvalue weighted by molar-refractivity contribution is 5.98. The molecule has 0 radical (unpaired) electrons. The van der Waals surface area contributed by atoms with Gasteiger partial charge in [0, 0.05) is 6.07 Å². The number of aromatic amines is 1. The van der Waals surface area contributed by atoms with Crippen molar-refractivity contribution in [3.05, 3.63) is 41.0 Å². The number of imidazole rings is 1. The van der Waals surface area contributed by atoms with Crippen molar-refractivity contribution in [3.8, 4) is 0 Å². The molecule has 0 aliphatic carbocycles. The first-order valence-corrected chi connectivity index (χ1v) is 10.4. The molecule has 3 aromatic heterocycles. The molecule has 12 nitrogen and oxygen atoms in total. The number of nitrogens with two attached hydrogens (primary N) is 1. The molecule has 170 valence electrons. The van der Waals surface area contributed by atoms with Gasteiger partial charge < -0.3 is 15.8 Å². The first-order valence-electron chi connectivity index (χ1n) is 10.4. The number of nitrogen functional groups attached to an aromatic ring is 1. The third-order valence-corrected chi connectivity index (χ3v) is 5.42. The van der Waals surface area contributed by atoms with Gasteiger partial charge in [0.25, 0.3) is 11.7 Å². The van der Waals surface area contributed by atoms with Crippen molar-refractivity contribution in [2.24, 2.45) is 0 Å². The van der Waals surface area contributed by atoms with Crippen molar-refractivity contribution in [3.63, 3.8) is 0 Å². The first-order chi connectivity index (χ1) is 15.9. The summed E-state index contributed by atoms with van der Waals surface area (Å²) in [6, 6.07) is 5.06.